The van der Waals surface area contributed by atoms with Crippen LogP contribution in [-0.2, 0) is 10.0 Å². The summed E-state index contributed by atoms with van der Waals surface area (Å²) in [5, 5.41) is 4.38. The summed E-state index contributed by atoms with van der Waals surface area (Å²) >= 11 is 0. The van der Waals surface area contributed by atoms with Gasteiger partial charge in [-0.25, -0.2) is 8.42 Å². The fourth-order valence-corrected chi connectivity index (χ4v) is 3.75. The Labute approximate surface area is 147 Å². The van der Waals surface area contributed by atoms with Crippen molar-refractivity contribution in [1.82, 2.24) is 4.41 Å². The Balaban J connectivity index is 1.97. The van der Waals surface area contributed by atoms with Gasteiger partial charge in [0.2, 0.25) is 10.0 Å². The van der Waals surface area contributed by atoms with E-state index in [9.17, 15) is 8.42 Å². The number of hydrazone groups is 1. The van der Waals surface area contributed by atoms with Gasteiger partial charge in [0, 0.05) is 12.0 Å². The lowest BCUT2D eigenvalue weighted by Gasteiger charge is -2.21. The smallest absolute Gasteiger partial charge is 0.247 e. The fourth-order valence-electron chi connectivity index (χ4n) is 2.85. The van der Waals surface area contributed by atoms with Crippen LogP contribution in [0.1, 0.15) is 23.6 Å². The topological polar surface area (TPSA) is 68.2 Å². The van der Waals surface area contributed by atoms with Gasteiger partial charge in [0.1, 0.15) is 11.5 Å². The molecule has 25 heavy (non-hydrogen) atoms. The molecule has 3 rings (SSSR count). The standard InChI is InChI=1S/C18H20N2O4S/c1-23-15-9-7-13(8-10-15)18-12-17(19-20(18)25(3,21)22)14-5-4-6-16(11-14)24-2/h4-11,18H,12H2,1-3H3/t18-/m1/s1. The molecule has 1 aliphatic rings. The first-order valence-electron chi connectivity index (χ1n) is 7.77. The Bertz CT molecular complexity index is 892. The molecule has 6 nitrogen and oxygen atoms in total. The van der Waals surface area contributed by atoms with E-state index in [4.69, 9.17) is 9.47 Å². The zero-order valence-corrected chi connectivity index (χ0v) is 15.2. The van der Waals surface area contributed by atoms with Crippen LogP contribution in [0.25, 0.3) is 0 Å². The van der Waals surface area contributed by atoms with Crippen LogP contribution in [-0.4, -0.2) is 39.0 Å². The molecule has 0 bridgehead atoms. The summed E-state index contributed by atoms with van der Waals surface area (Å²) in [7, 11) is -0.298. The summed E-state index contributed by atoms with van der Waals surface area (Å²) in [6.07, 6.45) is 1.66. The van der Waals surface area contributed by atoms with E-state index < -0.39 is 10.0 Å². The zero-order valence-electron chi connectivity index (χ0n) is 14.3. The molecule has 2 aromatic rings. The van der Waals surface area contributed by atoms with E-state index in [1.807, 2.05) is 48.5 Å². The highest BCUT2D eigenvalue weighted by Crippen LogP contribution is 2.35. The Kier molecular flexibility index (Phi) is 4.67. The predicted octanol–water partition coefficient (Wildman–Crippen LogP) is 2.81. The molecule has 7 heteroatoms. The second-order valence-corrected chi connectivity index (χ2v) is 7.65. The highest BCUT2D eigenvalue weighted by Gasteiger charge is 2.34. The largest absolute Gasteiger partial charge is 0.497 e. The third-order valence-corrected chi connectivity index (χ3v) is 5.13. The molecular formula is C18H20N2O4S. The minimum atomic E-state index is -3.49. The van der Waals surface area contributed by atoms with E-state index in [-0.39, 0.29) is 6.04 Å². The van der Waals surface area contributed by atoms with Gasteiger partial charge in [0.15, 0.2) is 0 Å². The van der Waals surface area contributed by atoms with Crippen molar-refractivity contribution in [2.45, 2.75) is 12.5 Å². The molecule has 0 saturated heterocycles. The minimum absolute atomic E-state index is 0.373. The molecule has 0 aromatic heterocycles. The van der Waals surface area contributed by atoms with Gasteiger partial charge in [0.05, 0.1) is 32.2 Å². The normalized spacial score (nSPS) is 17.3. The van der Waals surface area contributed by atoms with Crippen LogP contribution in [0.4, 0.5) is 0 Å². The molecule has 0 fully saturated rings. The van der Waals surface area contributed by atoms with Crippen LogP contribution in [0.2, 0.25) is 0 Å². The average molecular weight is 360 g/mol. The van der Waals surface area contributed by atoms with E-state index in [0.29, 0.717) is 17.9 Å². The van der Waals surface area contributed by atoms with Gasteiger partial charge in [-0.15, -0.1) is 0 Å². The maximum atomic E-state index is 12.2. The van der Waals surface area contributed by atoms with Crippen molar-refractivity contribution >= 4 is 15.7 Å². The number of methoxy groups -OCH3 is 2. The molecule has 0 unspecified atom stereocenters. The van der Waals surface area contributed by atoms with Gasteiger partial charge in [-0.2, -0.15) is 9.52 Å². The molecule has 0 N–H and O–H groups in total. The Morgan fingerprint density at radius 2 is 1.72 bits per heavy atom. The lowest BCUT2D eigenvalue weighted by atomic mass is 9.99. The van der Waals surface area contributed by atoms with Gasteiger partial charge in [-0.3, -0.25) is 0 Å². The number of nitrogens with zero attached hydrogens (tertiary/aromatic N) is 2. The lowest BCUT2D eigenvalue weighted by Crippen LogP contribution is -2.25. The summed E-state index contributed by atoms with van der Waals surface area (Å²) in [4.78, 5) is 0. The van der Waals surface area contributed by atoms with Crippen LogP contribution in [0.15, 0.2) is 53.6 Å². The summed E-state index contributed by atoms with van der Waals surface area (Å²) in [5.41, 5.74) is 2.43. The Morgan fingerprint density at radius 3 is 2.32 bits per heavy atom. The van der Waals surface area contributed by atoms with Crippen LogP contribution >= 0.6 is 0 Å². The molecule has 0 amide bonds. The van der Waals surface area contributed by atoms with Crippen molar-refractivity contribution in [2.75, 3.05) is 20.5 Å². The van der Waals surface area contributed by atoms with Crippen molar-refractivity contribution in [2.24, 2.45) is 5.10 Å². The predicted molar refractivity (Wildman–Crippen MR) is 96.6 cm³/mol. The molecular weight excluding hydrogens is 340 g/mol. The zero-order chi connectivity index (χ0) is 18.0. The highest BCUT2D eigenvalue weighted by atomic mass is 32.2. The highest BCUT2D eigenvalue weighted by molar-refractivity contribution is 7.88. The van der Waals surface area contributed by atoms with Crippen LogP contribution < -0.4 is 9.47 Å². The van der Waals surface area contributed by atoms with Crippen LogP contribution in [0.5, 0.6) is 11.5 Å². The fraction of sp³-hybridized carbons (Fsp3) is 0.278. The minimum Gasteiger partial charge on any atom is -0.497 e. The number of sulfonamides is 1. The van der Waals surface area contributed by atoms with Crippen molar-refractivity contribution < 1.29 is 17.9 Å². The van der Waals surface area contributed by atoms with Crippen LogP contribution in [0, 0.1) is 0 Å². The number of hydrogen-bond donors (Lipinski definition) is 0. The molecule has 132 valence electrons. The summed E-state index contributed by atoms with van der Waals surface area (Å²) < 4.78 is 36.0. The van der Waals surface area contributed by atoms with Crippen molar-refractivity contribution in [3.63, 3.8) is 0 Å². The van der Waals surface area contributed by atoms with E-state index in [0.717, 1.165) is 16.9 Å². The van der Waals surface area contributed by atoms with Gasteiger partial charge in [-0.05, 0) is 29.8 Å². The number of hydrogen-bond acceptors (Lipinski definition) is 5. The SMILES string of the molecule is COc1ccc([C@H]2CC(c3cccc(OC)c3)=NN2S(C)(=O)=O)cc1. The first kappa shape index (κ1) is 17.3. The van der Waals surface area contributed by atoms with E-state index in [1.54, 1.807) is 14.2 Å². The third-order valence-electron chi connectivity index (χ3n) is 4.12. The molecule has 1 atom stereocenters. The molecule has 0 aliphatic carbocycles. The molecule has 1 heterocycles. The maximum absolute atomic E-state index is 12.2. The van der Waals surface area contributed by atoms with Gasteiger partial charge in [-0.1, -0.05) is 24.3 Å². The summed E-state index contributed by atoms with van der Waals surface area (Å²) in [6.45, 7) is 0. The molecule has 0 spiro atoms. The maximum Gasteiger partial charge on any atom is 0.247 e. The van der Waals surface area contributed by atoms with E-state index in [1.165, 1.54) is 10.7 Å². The second-order valence-electron chi connectivity index (χ2n) is 5.81. The van der Waals surface area contributed by atoms with Crippen molar-refractivity contribution in [3.8, 4) is 11.5 Å². The Hall–Kier alpha value is -2.54. The second kappa shape index (κ2) is 6.76. The first-order chi connectivity index (χ1) is 11.9. The molecule has 0 radical (unpaired) electrons. The van der Waals surface area contributed by atoms with Crippen molar-refractivity contribution in [3.05, 3.63) is 59.7 Å². The third kappa shape index (κ3) is 3.61. The summed E-state index contributed by atoms with van der Waals surface area (Å²) in [5.74, 6) is 1.43. The summed E-state index contributed by atoms with van der Waals surface area (Å²) in [6, 6.07) is 14.5. The number of benzene rings is 2. The lowest BCUT2D eigenvalue weighted by molar-refractivity contribution is 0.374. The van der Waals surface area contributed by atoms with Gasteiger partial charge < -0.3 is 9.47 Å². The Morgan fingerprint density at radius 1 is 1.04 bits per heavy atom. The molecule has 1 aliphatic heterocycles. The van der Waals surface area contributed by atoms with Gasteiger partial charge in [0.25, 0.3) is 0 Å². The molecule has 2 aromatic carbocycles. The van der Waals surface area contributed by atoms with Gasteiger partial charge >= 0.3 is 0 Å². The monoisotopic (exact) mass is 360 g/mol. The van der Waals surface area contributed by atoms with E-state index >= 15 is 0 Å². The number of rotatable bonds is 5. The molecule has 0 saturated carbocycles. The van der Waals surface area contributed by atoms with E-state index in [2.05, 4.69) is 5.10 Å². The first-order valence-corrected chi connectivity index (χ1v) is 9.62. The number of ether oxygens (including phenoxy) is 2. The van der Waals surface area contributed by atoms with Crippen molar-refractivity contribution in [1.29, 1.82) is 0 Å². The van der Waals surface area contributed by atoms with Crippen LogP contribution in [0.3, 0.4) is 0 Å². The average Bonchev–Trinajstić information content (AvgIpc) is 3.08. The quantitative estimate of drug-likeness (QED) is 0.822.